The van der Waals surface area contributed by atoms with E-state index in [0.717, 1.165) is 5.75 Å². The first-order valence-electron chi connectivity index (χ1n) is 7.91. The predicted octanol–water partition coefficient (Wildman–Crippen LogP) is 2.80. The molecule has 2 rings (SSSR count). The zero-order valence-corrected chi connectivity index (χ0v) is 13.8. The van der Waals surface area contributed by atoms with Gasteiger partial charge in [0.2, 0.25) is 0 Å². The lowest BCUT2D eigenvalue weighted by atomic mass is 10.2. The molecule has 3 N–H and O–H groups in total. The molecule has 25 heavy (non-hydrogen) atoms. The van der Waals surface area contributed by atoms with E-state index in [1.807, 2.05) is 30.3 Å². The highest BCUT2D eigenvalue weighted by Gasteiger charge is 2.05. The summed E-state index contributed by atoms with van der Waals surface area (Å²) in [6.07, 6.45) is 1.61. The van der Waals surface area contributed by atoms with Crippen LogP contribution in [0.1, 0.15) is 10.4 Å². The summed E-state index contributed by atoms with van der Waals surface area (Å²) >= 11 is 0. The number of hydrogen-bond acceptors (Lipinski definition) is 3. The summed E-state index contributed by atoms with van der Waals surface area (Å²) in [6.45, 7) is 4.70. The molecule has 0 spiro atoms. The molecule has 0 unspecified atom stereocenters. The summed E-state index contributed by atoms with van der Waals surface area (Å²) in [6, 6.07) is 15.7. The molecule has 0 heterocycles. The van der Waals surface area contributed by atoms with Crippen LogP contribution in [0.3, 0.4) is 0 Å². The van der Waals surface area contributed by atoms with Crippen molar-refractivity contribution in [2.75, 3.05) is 25.0 Å². The minimum Gasteiger partial charge on any atom is -0.492 e. The normalized spacial score (nSPS) is 9.76. The van der Waals surface area contributed by atoms with Gasteiger partial charge in [0.1, 0.15) is 12.4 Å². The molecule has 0 bridgehead atoms. The Labute approximate surface area is 146 Å². The van der Waals surface area contributed by atoms with Crippen LogP contribution in [0.15, 0.2) is 67.3 Å². The predicted molar refractivity (Wildman–Crippen MR) is 97.9 cm³/mol. The highest BCUT2D eigenvalue weighted by atomic mass is 16.5. The quantitative estimate of drug-likeness (QED) is 0.511. The zero-order valence-electron chi connectivity index (χ0n) is 13.8. The topological polar surface area (TPSA) is 79.5 Å². The minimum atomic E-state index is -0.333. The van der Waals surface area contributed by atoms with Gasteiger partial charge in [-0.2, -0.15) is 0 Å². The van der Waals surface area contributed by atoms with Crippen LogP contribution in [0, 0.1) is 0 Å². The fourth-order valence-electron chi connectivity index (χ4n) is 2.00. The van der Waals surface area contributed by atoms with Gasteiger partial charge >= 0.3 is 6.03 Å². The molecule has 0 aromatic heterocycles. The van der Waals surface area contributed by atoms with Gasteiger partial charge in [-0.05, 0) is 36.4 Å². The third-order valence-corrected chi connectivity index (χ3v) is 3.21. The lowest BCUT2D eigenvalue weighted by molar-refractivity contribution is 0.0958. The summed E-state index contributed by atoms with van der Waals surface area (Å²) in [5.41, 5.74) is 1.12. The van der Waals surface area contributed by atoms with Crippen molar-refractivity contribution in [3.8, 4) is 5.75 Å². The van der Waals surface area contributed by atoms with Crippen LogP contribution >= 0.6 is 0 Å². The van der Waals surface area contributed by atoms with E-state index in [2.05, 4.69) is 22.5 Å². The SMILES string of the molecule is C=CCNC(=O)c1ccc(NC(=O)NCCOc2ccccc2)cc1. The van der Waals surface area contributed by atoms with Gasteiger partial charge in [-0.3, -0.25) is 4.79 Å². The number of ether oxygens (including phenoxy) is 1. The minimum absolute atomic E-state index is 0.186. The van der Waals surface area contributed by atoms with Gasteiger partial charge < -0.3 is 20.7 Å². The molecule has 0 fully saturated rings. The van der Waals surface area contributed by atoms with Crippen LogP contribution in [-0.2, 0) is 0 Å². The van der Waals surface area contributed by atoms with Crippen molar-refractivity contribution in [1.29, 1.82) is 0 Å². The van der Waals surface area contributed by atoms with Gasteiger partial charge in [0.05, 0.1) is 6.54 Å². The van der Waals surface area contributed by atoms with E-state index in [1.54, 1.807) is 30.3 Å². The van der Waals surface area contributed by atoms with Crippen molar-refractivity contribution in [2.45, 2.75) is 0 Å². The highest BCUT2D eigenvalue weighted by Crippen LogP contribution is 2.09. The Kier molecular flexibility index (Phi) is 7.06. The largest absolute Gasteiger partial charge is 0.492 e. The number of anilines is 1. The lowest BCUT2D eigenvalue weighted by Gasteiger charge is -2.09. The van der Waals surface area contributed by atoms with Gasteiger partial charge in [0, 0.05) is 17.8 Å². The molecule has 0 radical (unpaired) electrons. The number of carbonyl (C=O) groups is 2. The summed E-state index contributed by atoms with van der Waals surface area (Å²) in [7, 11) is 0. The van der Waals surface area contributed by atoms with Crippen molar-refractivity contribution < 1.29 is 14.3 Å². The smallest absolute Gasteiger partial charge is 0.319 e. The molecular weight excluding hydrogens is 318 g/mol. The second kappa shape index (κ2) is 9.77. The Morgan fingerprint density at radius 2 is 1.72 bits per heavy atom. The number of urea groups is 1. The molecule has 0 aliphatic rings. The van der Waals surface area contributed by atoms with Crippen molar-refractivity contribution in [3.05, 3.63) is 72.8 Å². The Balaban J connectivity index is 1.71. The number of amides is 3. The summed E-state index contributed by atoms with van der Waals surface area (Å²) < 4.78 is 5.49. The van der Waals surface area contributed by atoms with Crippen molar-refractivity contribution in [1.82, 2.24) is 10.6 Å². The Bertz CT molecular complexity index is 700. The number of carbonyl (C=O) groups excluding carboxylic acids is 2. The maximum atomic E-state index is 11.8. The van der Waals surface area contributed by atoms with E-state index in [4.69, 9.17) is 4.74 Å². The lowest BCUT2D eigenvalue weighted by Crippen LogP contribution is -2.32. The number of rotatable bonds is 8. The molecule has 6 nitrogen and oxygen atoms in total. The first-order chi connectivity index (χ1) is 12.2. The number of nitrogens with one attached hydrogen (secondary N) is 3. The number of benzene rings is 2. The van der Waals surface area contributed by atoms with Gasteiger partial charge in [-0.1, -0.05) is 24.3 Å². The van der Waals surface area contributed by atoms with Crippen LogP contribution < -0.4 is 20.7 Å². The van der Waals surface area contributed by atoms with Gasteiger partial charge in [-0.15, -0.1) is 6.58 Å². The Morgan fingerprint density at radius 3 is 2.40 bits per heavy atom. The van der Waals surface area contributed by atoms with Gasteiger partial charge in [-0.25, -0.2) is 4.79 Å². The Hall–Kier alpha value is -3.28. The van der Waals surface area contributed by atoms with Gasteiger partial charge in [0.15, 0.2) is 0 Å². The highest BCUT2D eigenvalue weighted by molar-refractivity contribution is 5.95. The molecule has 3 amide bonds. The molecular formula is C19H21N3O3. The molecule has 2 aromatic rings. The van der Waals surface area contributed by atoms with E-state index in [9.17, 15) is 9.59 Å². The van der Waals surface area contributed by atoms with E-state index in [1.165, 1.54) is 0 Å². The molecule has 0 saturated carbocycles. The number of para-hydroxylation sites is 1. The van der Waals surface area contributed by atoms with Crippen LogP contribution in [0.2, 0.25) is 0 Å². The summed E-state index contributed by atoms with van der Waals surface area (Å²) in [5.74, 6) is 0.573. The maximum absolute atomic E-state index is 11.8. The average Bonchev–Trinajstić information content (AvgIpc) is 2.65. The molecule has 0 aliphatic carbocycles. The van der Waals surface area contributed by atoms with E-state index in [0.29, 0.717) is 30.9 Å². The molecule has 130 valence electrons. The fraction of sp³-hybridized carbons (Fsp3) is 0.158. The van der Waals surface area contributed by atoms with Crippen LogP contribution in [0.25, 0.3) is 0 Å². The van der Waals surface area contributed by atoms with Crippen LogP contribution in [-0.4, -0.2) is 31.6 Å². The summed E-state index contributed by atoms with van der Waals surface area (Å²) in [4.78, 5) is 23.6. The van der Waals surface area contributed by atoms with E-state index < -0.39 is 0 Å². The van der Waals surface area contributed by atoms with E-state index in [-0.39, 0.29) is 11.9 Å². The van der Waals surface area contributed by atoms with Crippen molar-refractivity contribution >= 4 is 17.6 Å². The molecule has 6 heteroatoms. The second-order valence-electron chi connectivity index (χ2n) is 5.12. The van der Waals surface area contributed by atoms with E-state index >= 15 is 0 Å². The van der Waals surface area contributed by atoms with Crippen LogP contribution in [0.4, 0.5) is 10.5 Å². The standard InChI is InChI=1S/C19H21N3O3/c1-2-12-20-18(23)15-8-10-16(11-9-15)22-19(24)21-13-14-25-17-6-4-3-5-7-17/h2-11H,1,12-14H2,(H,20,23)(H2,21,22,24). The maximum Gasteiger partial charge on any atom is 0.319 e. The molecule has 2 aromatic carbocycles. The van der Waals surface area contributed by atoms with Gasteiger partial charge in [0.25, 0.3) is 5.91 Å². The first-order valence-corrected chi connectivity index (χ1v) is 7.91. The fourth-order valence-corrected chi connectivity index (χ4v) is 2.00. The van der Waals surface area contributed by atoms with Crippen molar-refractivity contribution in [2.24, 2.45) is 0 Å². The summed E-state index contributed by atoms with van der Waals surface area (Å²) in [5, 5.41) is 8.08. The second-order valence-corrected chi connectivity index (χ2v) is 5.12. The number of hydrogen-bond donors (Lipinski definition) is 3. The zero-order chi connectivity index (χ0) is 17.9. The third-order valence-electron chi connectivity index (χ3n) is 3.21. The average molecular weight is 339 g/mol. The monoisotopic (exact) mass is 339 g/mol. The molecule has 0 atom stereocenters. The molecule has 0 aliphatic heterocycles. The molecule has 0 saturated heterocycles. The first kappa shape index (κ1) is 18.1. The van der Waals surface area contributed by atoms with Crippen LogP contribution in [0.5, 0.6) is 5.75 Å². The Morgan fingerprint density at radius 1 is 1.00 bits per heavy atom. The third kappa shape index (κ3) is 6.39. The van der Waals surface area contributed by atoms with Crippen molar-refractivity contribution in [3.63, 3.8) is 0 Å².